The minimum Gasteiger partial charge on any atom is -0.351 e. The number of nitrogens with one attached hydrogen (secondary N) is 1. The molecule has 7 nitrogen and oxygen atoms in total. The fraction of sp³-hybridized carbons (Fsp3) is 0.636. The van der Waals surface area contributed by atoms with Gasteiger partial charge in [-0.2, -0.15) is 5.10 Å². The summed E-state index contributed by atoms with van der Waals surface area (Å²) in [6.07, 6.45) is 1.57. The number of hydrogen-bond donors (Lipinski definition) is 1. The van der Waals surface area contributed by atoms with Gasteiger partial charge in [0.1, 0.15) is 5.69 Å². The molecular weight excluding hydrogens is 232 g/mol. The van der Waals surface area contributed by atoms with Crippen LogP contribution in [-0.2, 0) is 6.54 Å². The number of nitrogens with zero attached hydrogens (tertiary/aromatic N) is 5. The van der Waals surface area contributed by atoms with Crippen molar-refractivity contribution in [3.05, 3.63) is 27.9 Å². The highest BCUT2D eigenvalue weighted by molar-refractivity contribution is 5.92. The molecule has 0 aliphatic heterocycles. The fourth-order valence-corrected chi connectivity index (χ4v) is 1.61. The quantitative estimate of drug-likeness (QED) is 0.347. The van der Waals surface area contributed by atoms with Gasteiger partial charge < -0.3 is 5.32 Å². The third-order valence-corrected chi connectivity index (χ3v) is 2.47. The molecule has 0 radical (unpaired) electrons. The summed E-state index contributed by atoms with van der Waals surface area (Å²) >= 11 is 0. The van der Waals surface area contributed by atoms with Crippen LogP contribution in [0.2, 0.25) is 0 Å². The van der Waals surface area contributed by atoms with Gasteiger partial charge in [-0.05, 0) is 38.3 Å². The number of hydrogen-bond acceptors (Lipinski definition) is 3. The molecule has 1 N–H and O–H groups in total. The second kappa shape index (κ2) is 7.34. The van der Waals surface area contributed by atoms with Crippen LogP contribution in [0, 0.1) is 6.92 Å². The predicted octanol–water partition coefficient (Wildman–Crippen LogP) is 2.03. The van der Waals surface area contributed by atoms with Gasteiger partial charge in [-0.15, -0.1) is 0 Å². The van der Waals surface area contributed by atoms with Crippen LogP contribution < -0.4 is 5.32 Å². The summed E-state index contributed by atoms with van der Waals surface area (Å²) in [6, 6.07) is 1.78. The van der Waals surface area contributed by atoms with E-state index < -0.39 is 0 Å². The van der Waals surface area contributed by atoms with Crippen LogP contribution in [0.25, 0.3) is 10.4 Å². The topological polar surface area (TPSA) is 95.7 Å². The molecule has 0 bridgehead atoms. The monoisotopic (exact) mass is 250 g/mol. The van der Waals surface area contributed by atoms with Crippen LogP contribution in [0.15, 0.2) is 11.2 Å². The van der Waals surface area contributed by atoms with Gasteiger partial charge in [0.2, 0.25) is 0 Å². The average molecular weight is 250 g/mol. The third-order valence-electron chi connectivity index (χ3n) is 2.47. The maximum atomic E-state index is 11.9. The van der Waals surface area contributed by atoms with Crippen LogP contribution >= 0.6 is 0 Å². The maximum Gasteiger partial charge on any atom is 0.269 e. The second-order valence-electron chi connectivity index (χ2n) is 3.90. The number of rotatable bonds is 7. The summed E-state index contributed by atoms with van der Waals surface area (Å²) < 4.78 is 1.69. The molecule has 0 atom stereocenters. The van der Waals surface area contributed by atoms with E-state index in [9.17, 15) is 4.79 Å². The molecule has 1 rings (SSSR count). The van der Waals surface area contributed by atoms with E-state index in [1.54, 1.807) is 10.7 Å². The van der Waals surface area contributed by atoms with E-state index in [1.807, 2.05) is 13.8 Å². The number of aryl methyl sites for hydroxylation is 2. The maximum absolute atomic E-state index is 11.9. The van der Waals surface area contributed by atoms with Crippen molar-refractivity contribution in [1.82, 2.24) is 15.1 Å². The van der Waals surface area contributed by atoms with E-state index in [2.05, 4.69) is 20.4 Å². The molecule has 1 aromatic rings. The first-order valence-corrected chi connectivity index (χ1v) is 6.02. The van der Waals surface area contributed by atoms with Crippen molar-refractivity contribution in [1.29, 1.82) is 0 Å². The largest absolute Gasteiger partial charge is 0.351 e. The first kappa shape index (κ1) is 14.1. The molecule has 98 valence electrons. The molecule has 0 aliphatic carbocycles. The molecule has 7 heteroatoms. The zero-order chi connectivity index (χ0) is 13.4. The first-order chi connectivity index (χ1) is 8.69. The van der Waals surface area contributed by atoms with Crippen LogP contribution in [-0.4, -0.2) is 28.8 Å². The van der Waals surface area contributed by atoms with Gasteiger partial charge in [0.15, 0.2) is 0 Å². The Balaban J connectivity index is 2.38. The van der Waals surface area contributed by atoms with Crippen molar-refractivity contribution in [2.75, 3.05) is 13.1 Å². The number of unbranched alkanes of at least 4 members (excludes halogenated alkanes) is 1. The molecule has 18 heavy (non-hydrogen) atoms. The third kappa shape index (κ3) is 4.10. The predicted molar refractivity (Wildman–Crippen MR) is 68.2 cm³/mol. The summed E-state index contributed by atoms with van der Waals surface area (Å²) in [4.78, 5) is 14.5. The van der Waals surface area contributed by atoms with Gasteiger partial charge in [-0.3, -0.25) is 9.48 Å². The van der Waals surface area contributed by atoms with E-state index >= 15 is 0 Å². The van der Waals surface area contributed by atoms with E-state index in [0.717, 1.165) is 18.5 Å². The molecule has 0 aliphatic rings. The number of azide groups is 1. The highest BCUT2D eigenvalue weighted by Crippen LogP contribution is 2.03. The Kier molecular flexibility index (Phi) is 5.73. The number of aromatic nitrogens is 2. The van der Waals surface area contributed by atoms with Gasteiger partial charge in [0.05, 0.1) is 5.69 Å². The van der Waals surface area contributed by atoms with Gasteiger partial charge in [0.25, 0.3) is 5.91 Å². The summed E-state index contributed by atoms with van der Waals surface area (Å²) in [7, 11) is 0. The molecule has 1 amide bonds. The van der Waals surface area contributed by atoms with Crippen molar-refractivity contribution in [3.8, 4) is 0 Å². The molecule has 0 spiro atoms. The summed E-state index contributed by atoms with van der Waals surface area (Å²) in [6.45, 7) is 5.53. The minimum absolute atomic E-state index is 0.110. The van der Waals surface area contributed by atoms with Crippen LogP contribution in [0.3, 0.4) is 0 Å². The normalized spacial score (nSPS) is 9.89. The lowest BCUT2D eigenvalue weighted by atomic mass is 10.3. The lowest BCUT2D eigenvalue weighted by Gasteiger charge is -2.05. The average Bonchev–Trinajstić information content (AvgIpc) is 2.74. The highest BCUT2D eigenvalue weighted by Gasteiger charge is 2.11. The molecule has 0 aromatic carbocycles. The molecular formula is C11H18N6O. The molecule has 0 saturated carbocycles. The molecule has 0 fully saturated rings. The summed E-state index contributed by atoms with van der Waals surface area (Å²) in [5.74, 6) is -0.110. The zero-order valence-electron chi connectivity index (χ0n) is 10.8. The number of carbonyl (C=O) groups excluding carboxylic acids is 1. The Morgan fingerprint density at radius 2 is 2.39 bits per heavy atom. The Labute approximate surface area is 106 Å². The molecule has 0 unspecified atom stereocenters. The van der Waals surface area contributed by atoms with E-state index in [1.165, 1.54) is 0 Å². The summed E-state index contributed by atoms with van der Waals surface area (Å²) in [5, 5.41) is 10.5. The van der Waals surface area contributed by atoms with Crippen molar-refractivity contribution < 1.29 is 4.79 Å². The molecule has 1 heterocycles. The first-order valence-electron chi connectivity index (χ1n) is 6.02. The minimum atomic E-state index is -0.110. The lowest BCUT2D eigenvalue weighted by Crippen LogP contribution is -2.27. The van der Waals surface area contributed by atoms with Crippen molar-refractivity contribution in [3.63, 3.8) is 0 Å². The van der Waals surface area contributed by atoms with Gasteiger partial charge in [-0.1, -0.05) is 5.11 Å². The van der Waals surface area contributed by atoms with Gasteiger partial charge in [0, 0.05) is 24.5 Å². The lowest BCUT2D eigenvalue weighted by molar-refractivity contribution is 0.0942. The Morgan fingerprint density at radius 1 is 1.61 bits per heavy atom. The van der Waals surface area contributed by atoms with E-state index in [0.29, 0.717) is 25.3 Å². The number of carbonyl (C=O) groups is 1. The van der Waals surface area contributed by atoms with Crippen molar-refractivity contribution in [2.24, 2.45) is 5.11 Å². The summed E-state index contributed by atoms with van der Waals surface area (Å²) in [5.41, 5.74) is 9.52. The van der Waals surface area contributed by atoms with Crippen LogP contribution in [0.4, 0.5) is 0 Å². The zero-order valence-corrected chi connectivity index (χ0v) is 10.8. The van der Waals surface area contributed by atoms with Crippen molar-refractivity contribution >= 4 is 5.91 Å². The molecule has 0 saturated heterocycles. The van der Waals surface area contributed by atoms with Gasteiger partial charge >= 0.3 is 0 Å². The second-order valence-corrected chi connectivity index (χ2v) is 3.90. The van der Waals surface area contributed by atoms with E-state index in [-0.39, 0.29) is 5.91 Å². The molecule has 1 aromatic heterocycles. The van der Waals surface area contributed by atoms with E-state index in [4.69, 9.17) is 5.53 Å². The standard InChI is InChI=1S/C11H18N6O/c1-3-17-10(8-9(2)15-17)11(18)13-6-4-5-7-14-16-12/h8H,3-7H2,1-2H3,(H,13,18). The van der Waals surface area contributed by atoms with Crippen molar-refractivity contribution in [2.45, 2.75) is 33.2 Å². The van der Waals surface area contributed by atoms with Crippen LogP contribution in [0.1, 0.15) is 35.9 Å². The van der Waals surface area contributed by atoms with Crippen LogP contribution in [0.5, 0.6) is 0 Å². The SMILES string of the molecule is CCn1nc(C)cc1C(=O)NCCCCN=[N+]=[N-]. The number of amides is 1. The Morgan fingerprint density at radius 3 is 3.06 bits per heavy atom. The highest BCUT2D eigenvalue weighted by atomic mass is 16.2. The Bertz CT molecular complexity index is 446. The van der Waals surface area contributed by atoms with Gasteiger partial charge in [-0.25, -0.2) is 0 Å². The fourth-order valence-electron chi connectivity index (χ4n) is 1.61. The Hall–Kier alpha value is -2.01. The smallest absolute Gasteiger partial charge is 0.269 e.